The molecule has 2 aliphatic rings. The lowest BCUT2D eigenvalue weighted by Gasteiger charge is -2.26. The van der Waals surface area contributed by atoms with E-state index in [1.165, 1.54) is 49.0 Å². The van der Waals surface area contributed by atoms with Gasteiger partial charge in [0.1, 0.15) is 17.3 Å². The minimum Gasteiger partial charge on any atom is -0.504 e. The Morgan fingerprint density at radius 3 is 2.47 bits per heavy atom. The molecule has 0 saturated carbocycles. The van der Waals surface area contributed by atoms with E-state index in [4.69, 9.17) is 23.7 Å². The van der Waals surface area contributed by atoms with Gasteiger partial charge in [-0.15, -0.1) is 0 Å². The van der Waals surface area contributed by atoms with Gasteiger partial charge in [-0.25, -0.2) is 15.2 Å². The molecule has 15 heteroatoms. The van der Waals surface area contributed by atoms with Crippen molar-refractivity contribution in [3.05, 3.63) is 70.1 Å². The molecule has 0 unspecified atom stereocenters. The van der Waals surface area contributed by atoms with E-state index in [0.29, 0.717) is 82.3 Å². The fraction of sp³-hybridized carbons (Fsp3) is 0.353. The predicted molar refractivity (Wildman–Crippen MR) is 190 cm³/mol. The first-order valence-corrected chi connectivity index (χ1v) is 18.0. The van der Waals surface area contributed by atoms with Gasteiger partial charge in [0.2, 0.25) is 0 Å². The van der Waals surface area contributed by atoms with Gasteiger partial charge in [-0.2, -0.15) is 5.10 Å². The Morgan fingerprint density at radius 2 is 1.76 bits per heavy atom. The first-order chi connectivity index (χ1) is 23.9. The van der Waals surface area contributed by atoms with Crippen LogP contribution in [0.15, 0.2) is 63.6 Å². The number of carbonyl (C=O) groups is 1. The van der Waals surface area contributed by atoms with Crippen LogP contribution in [0.5, 0.6) is 23.0 Å². The standard InChI is InChI=1S/C34H37N5O8S2/c1-43-26-19-23-22(17-25(26)40)31(36-37-34(42)47-15-16-48-49-29-7-4-5-8-35-29)30-21-18-27(44-2)28(45-3)20-24(21)33(41)39(32(23)30)10-6-9-38-11-13-46-14-12-38/h4-5,7-8,17-20,40H,6,9-16H2,1-3H3,(H,37,42)/b36-31+. The SMILES string of the molecule is COc1cc2c(cc1O)/C(=N\NC(=O)OCCSSc1ccccn1)c1c-2n(CCCN2CCOCC2)c(=O)c2cc(OC)c(OC)cc12. The van der Waals surface area contributed by atoms with E-state index in [2.05, 4.69) is 20.4 Å². The molecule has 0 radical (unpaired) electrons. The van der Waals surface area contributed by atoms with Crippen molar-refractivity contribution in [1.82, 2.24) is 19.9 Å². The van der Waals surface area contributed by atoms with Crippen molar-refractivity contribution >= 4 is 44.2 Å². The summed E-state index contributed by atoms with van der Waals surface area (Å²) in [6.45, 7) is 4.37. The summed E-state index contributed by atoms with van der Waals surface area (Å²) in [6, 6.07) is 12.3. The molecule has 2 aromatic carbocycles. The molecular formula is C34H37N5O8S2. The molecule has 258 valence electrons. The summed E-state index contributed by atoms with van der Waals surface area (Å²) in [4.78, 5) is 33.7. The van der Waals surface area contributed by atoms with Crippen LogP contribution in [-0.4, -0.2) is 97.9 Å². The number of fused-ring (bicyclic) bond motifs is 5. The van der Waals surface area contributed by atoms with Gasteiger partial charge in [0.15, 0.2) is 23.0 Å². The number of pyridine rings is 2. The van der Waals surface area contributed by atoms with E-state index < -0.39 is 6.09 Å². The Kier molecular flexibility index (Phi) is 11.1. The highest BCUT2D eigenvalue weighted by molar-refractivity contribution is 8.76. The maximum Gasteiger partial charge on any atom is 0.427 e. The fourth-order valence-corrected chi connectivity index (χ4v) is 7.66. The Morgan fingerprint density at radius 1 is 1.00 bits per heavy atom. The lowest BCUT2D eigenvalue weighted by Crippen LogP contribution is -2.37. The van der Waals surface area contributed by atoms with Crippen LogP contribution in [0.4, 0.5) is 4.79 Å². The number of aromatic nitrogens is 2. The van der Waals surface area contributed by atoms with Gasteiger partial charge in [-0.3, -0.25) is 9.69 Å². The van der Waals surface area contributed by atoms with Gasteiger partial charge in [-0.05, 0) is 53.6 Å². The average molecular weight is 708 g/mol. The van der Waals surface area contributed by atoms with Crippen molar-refractivity contribution < 1.29 is 33.6 Å². The van der Waals surface area contributed by atoms with E-state index in [1.54, 1.807) is 29.0 Å². The van der Waals surface area contributed by atoms with Gasteiger partial charge < -0.3 is 33.4 Å². The van der Waals surface area contributed by atoms with Crippen LogP contribution < -0.4 is 25.2 Å². The van der Waals surface area contributed by atoms with Crippen LogP contribution in [0.3, 0.4) is 0 Å². The highest BCUT2D eigenvalue weighted by atomic mass is 33.1. The molecule has 49 heavy (non-hydrogen) atoms. The third-order valence-corrected chi connectivity index (χ3v) is 10.5. The number of methoxy groups -OCH3 is 3. The quantitative estimate of drug-likeness (QED) is 0.0990. The Balaban J connectivity index is 1.37. The number of nitrogens with zero attached hydrogens (tertiary/aromatic N) is 4. The third-order valence-electron chi connectivity index (χ3n) is 8.24. The van der Waals surface area contributed by atoms with Crippen LogP contribution in [0.25, 0.3) is 22.0 Å². The molecular weight excluding hydrogens is 671 g/mol. The summed E-state index contributed by atoms with van der Waals surface area (Å²) in [7, 11) is 7.51. The zero-order valence-electron chi connectivity index (χ0n) is 27.4. The lowest BCUT2D eigenvalue weighted by molar-refractivity contribution is 0.0369. The topological polar surface area (TPSA) is 146 Å². The number of benzene rings is 2. The molecule has 0 bridgehead atoms. The maximum atomic E-state index is 14.3. The number of carbonyl (C=O) groups excluding carboxylic acids is 1. The highest BCUT2D eigenvalue weighted by Crippen LogP contribution is 2.46. The van der Waals surface area contributed by atoms with Crippen LogP contribution >= 0.6 is 21.6 Å². The molecule has 1 aliphatic carbocycles. The zero-order valence-corrected chi connectivity index (χ0v) is 29.0. The molecule has 1 aliphatic heterocycles. The van der Waals surface area contributed by atoms with Crippen LogP contribution in [0, 0.1) is 0 Å². The smallest absolute Gasteiger partial charge is 0.427 e. The van der Waals surface area contributed by atoms with Crippen molar-refractivity contribution in [1.29, 1.82) is 0 Å². The summed E-state index contributed by atoms with van der Waals surface area (Å²) in [5.74, 6) is 1.48. The second-order valence-electron chi connectivity index (χ2n) is 11.1. The summed E-state index contributed by atoms with van der Waals surface area (Å²) < 4.78 is 29.3. The molecule has 2 N–H and O–H groups in total. The van der Waals surface area contributed by atoms with Crippen molar-refractivity contribution in [3.63, 3.8) is 0 Å². The van der Waals surface area contributed by atoms with Crippen LogP contribution in [0.2, 0.25) is 0 Å². The Labute approximate surface area is 290 Å². The lowest BCUT2D eigenvalue weighted by atomic mass is 10.0. The molecule has 6 rings (SSSR count). The number of hydrazone groups is 1. The van der Waals surface area contributed by atoms with Crippen molar-refractivity contribution in [3.8, 4) is 34.3 Å². The van der Waals surface area contributed by atoms with Crippen molar-refractivity contribution in [2.45, 2.75) is 18.0 Å². The molecule has 0 atom stereocenters. The van der Waals surface area contributed by atoms with Gasteiger partial charge in [-0.1, -0.05) is 16.9 Å². The molecule has 1 amide bonds. The predicted octanol–water partition coefficient (Wildman–Crippen LogP) is 4.75. The van der Waals surface area contributed by atoms with Gasteiger partial charge >= 0.3 is 6.09 Å². The summed E-state index contributed by atoms with van der Waals surface area (Å²) in [5.41, 5.74) is 4.98. The summed E-state index contributed by atoms with van der Waals surface area (Å²) >= 11 is 0. The van der Waals surface area contributed by atoms with Gasteiger partial charge in [0, 0.05) is 60.2 Å². The number of phenolic OH excluding ortho intramolecular Hbond substituents is 1. The normalized spacial score (nSPS) is 14.8. The number of phenols is 1. The summed E-state index contributed by atoms with van der Waals surface area (Å²) in [5, 5.41) is 17.2. The Bertz CT molecular complexity index is 1920. The van der Waals surface area contributed by atoms with Gasteiger partial charge in [0.05, 0.1) is 45.6 Å². The van der Waals surface area contributed by atoms with E-state index in [0.717, 1.165) is 24.7 Å². The number of hydrogen-bond acceptors (Lipinski definition) is 13. The fourth-order valence-electron chi connectivity index (χ4n) is 5.96. The van der Waals surface area contributed by atoms with Crippen LogP contribution in [0.1, 0.15) is 17.5 Å². The first kappa shape index (κ1) is 34.4. The number of ether oxygens (including phenoxy) is 5. The van der Waals surface area contributed by atoms with E-state index >= 15 is 0 Å². The van der Waals surface area contributed by atoms with E-state index in [1.807, 2.05) is 18.2 Å². The van der Waals surface area contributed by atoms with Gasteiger partial charge in [0.25, 0.3) is 5.56 Å². The summed E-state index contributed by atoms with van der Waals surface area (Å²) in [6.07, 6.45) is 1.68. The number of rotatable bonds is 13. The van der Waals surface area contributed by atoms with Crippen molar-refractivity contribution in [2.75, 3.05) is 66.5 Å². The Hall–Kier alpha value is -4.44. The second-order valence-corrected chi connectivity index (χ2v) is 13.5. The molecule has 1 saturated heterocycles. The maximum absolute atomic E-state index is 14.3. The average Bonchev–Trinajstić information content (AvgIpc) is 3.44. The molecule has 0 spiro atoms. The van der Waals surface area contributed by atoms with E-state index in [9.17, 15) is 14.7 Å². The molecule has 4 aromatic rings. The molecule has 3 heterocycles. The monoisotopic (exact) mass is 707 g/mol. The third kappa shape index (κ3) is 7.44. The first-order valence-electron chi connectivity index (χ1n) is 15.7. The molecule has 2 aromatic heterocycles. The minimum absolute atomic E-state index is 0.114. The second kappa shape index (κ2) is 15.8. The number of amides is 1. The highest BCUT2D eigenvalue weighted by Gasteiger charge is 2.34. The zero-order chi connectivity index (χ0) is 34.3. The number of nitrogens with one attached hydrogen (secondary N) is 1. The minimum atomic E-state index is -0.744. The molecule has 1 fully saturated rings. The molecule has 13 nitrogen and oxygen atoms in total. The van der Waals surface area contributed by atoms with E-state index in [-0.39, 0.29) is 23.7 Å². The number of hydrogen-bond donors (Lipinski definition) is 2. The number of morpholine rings is 1. The number of aromatic hydroxyl groups is 1. The van der Waals surface area contributed by atoms with Crippen molar-refractivity contribution in [2.24, 2.45) is 5.10 Å². The van der Waals surface area contributed by atoms with Crippen LogP contribution in [-0.2, 0) is 16.0 Å². The largest absolute Gasteiger partial charge is 0.504 e.